The van der Waals surface area contributed by atoms with E-state index in [1.807, 2.05) is 0 Å². The number of methoxy groups -OCH3 is 1. The van der Waals surface area contributed by atoms with Crippen molar-refractivity contribution in [3.05, 3.63) is 29.6 Å². The molecule has 0 bridgehead atoms. The number of nitrogens with two attached hydrogens (primary N) is 1. The van der Waals surface area contributed by atoms with Crippen LogP contribution in [0, 0.1) is 5.82 Å². The van der Waals surface area contributed by atoms with Crippen molar-refractivity contribution >= 4 is 17.2 Å². The van der Waals surface area contributed by atoms with Crippen molar-refractivity contribution in [3.63, 3.8) is 0 Å². The molecule has 0 amide bonds. The van der Waals surface area contributed by atoms with Crippen LogP contribution in [0.25, 0.3) is 0 Å². The molecule has 0 heterocycles. The van der Waals surface area contributed by atoms with Crippen molar-refractivity contribution in [3.8, 4) is 5.75 Å². The van der Waals surface area contributed by atoms with Gasteiger partial charge in [0.15, 0.2) is 0 Å². The van der Waals surface area contributed by atoms with E-state index in [4.69, 9.17) is 22.7 Å². The maximum atomic E-state index is 12.7. The molecular weight excluding hydrogens is 177 g/mol. The fraction of sp³-hybridized carbons (Fsp3) is 0.125. The lowest BCUT2D eigenvalue weighted by atomic mass is 10.2. The van der Waals surface area contributed by atoms with Crippen molar-refractivity contribution in [1.29, 1.82) is 0 Å². The number of benzene rings is 1. The molecule has 0 aromatic heterocycles. The standard InChI is InChI=1S/C8H8FNOS/c1-11-7-3-2-5(9)4-6(7)8(10)12/h2-4H,1H3,(H2,10,12). The van der Waals surface area contributed by atoms with E-state index in [2.05, 4.69) is 0 Å². The molecule has 0 saturated carbocycles. The highest BCUT2D eigenvalue weighted by atomic mass is 32.1. The van der Waals surface area contributed by atoms with Crippen molar-refractivity contribution in [2.24, 2.45) is 5.73 Å². The molecule has 0 saturated heterocycles. The molecule has 1 aromatic rings. The third-order valence-electron chi connectivity index (χ3n) is 1.43. The molecule has 0 unspecified atom stereocenters. The van der Waals surface area contributed by atoms with Crippen molar-refractivity contribution in [2.75, 3.05) is 7.11 Å². The van der Waals surface area contributed by atoms with E-state index in [0.717, 1.165) is 0 Å². The molecule has 0 aliphatic heterocycles. The molecule has 0 spiro atoms. The van der Waals surface area contributed by atoms with Gasteiger partial charge in [-0.1, -0.05) is 12.2 Å². The van der Waals surface area contributed by atoms with Gasteiger partial charge in [0.2, 0.25) is 0 Å². The first-order valence-electron chi connectivity index (χ1n) is 3.28. The molecule has 0 atom stereocenters. The third-order valence-corrected chi connectivity index (χ3v) is 1.65. The van der Waals surface area contributed by atoms with Crippen LogP contribution in [0.1, 0.15) is 5.56 Å². The van der Waals surface area contributed by atoms with E-state index in [0.29, 0.717) is 11.3 Å². The Labute approximate surface area is 75.1 Å². The Balaban J connectivity index is 3.21. The second kappa shape index (κ2) is 3.49. The monoisotopic (exact) mass is 185 g/mol. The minimum absolute atomic E-state index is 0.131. The zero-order valence-electron chi connectivity index (χ0n) is 6.50. The van der Waals surface area contributed by atoms with Gasteiger partial charge >= 0.3 is 0 Å². The van der Waals surface area contributed by atoms with Crippen LogP contribution >= 0.6 is 12.2 Å². The van der Waals surface area contributed by atoms with Crippen molar-refractivity contribution < 1.29 is 9.13 Å². The summed E-state index contributed by atoms with van der Waals surface area (Å²) in [5, 5.41) is 0. The first-order chi connectivity index (χ1) is 5.65. The normalized spacial score (nSPS) is 9.50. The summed E-state index contributed by atoms with van der Waals surface area (Å²) in [5.74, 6) is 0.113. The minimum Gasteiger partial charge on any atom is -0.496 e. The Kier molecular flexibility index (Phi) is 2.60. The van der Waals surface area contributed by atoms with Crippen LogP contribution in [0.5, 0.6) is 5.75 Å². The molecule has 12 heavy (non-hydrogen) atoms. The topological polar surface area (TPSA) is 35.2 Å². The number of hydrogen-bond acceptors (Lipinski definition) is 2. The van der Waals surface area contributed by atoms with E-state index in [1.54, 1.807) is 0 Å². The number of ether oxygens (including phenoxy) is 1. The Hall–Kier alpha value is -1.16. The number of thiocarbonyl (C=S) groups is 1. The zero-order valence-corrected chi connectivity index (χ0v) is 7.32. The predicted octanol–water partition coefficient (Wildman–Crippen LogP) is 1.47. The fourth-order valence-corrected chi connectivity index (χ4v) is 1.03. The van der Waals surface area contributed by atoms with Gasteiger partial charge in [-0.15, -0.1) is 0 Å². The summed E-state index contributed by atoms with van der Waals surface area (Å²) in [6, 6.07) is 4.03. The van der Waals surface area contributed by atoms with Crippen LogP contribution < -0.4 is 10.5 Å². The number of rotatable bonds is 2. The molecule has 64 valence electrons. The quantitative estimate of drug-likeness (QED) is 0.708. The van der Waals surface area contributed by atoms with Crippen LogP contribution in [-0.4, -0.2) is 12.1 Å². The first-order valence-corrected chi connectivity index (χ1v) is 3.69. The van der Waals surface area contributed by atoms with Crippen LogP contribution in [0.15, 0.2) is 18.2 Å². The fourth-order valence-electron chi connectivity index (χ4n) is 0.873. The average molecular weight is 185 g/mol. The van der Waals surface area contributed by atoms with E-state index < -0.39 is 0 Å². The highest BCUT2D eigenvalue weighted by molar-refractivity contribution is 7.80. The van der Waals surface area contributed by atoms with E-state index in [-0.39, 0.29) is 10.8 Å². The summed E-state index contributed by atoms with van der Waals surface area (Å²) in [6.07, 6.45) is 0. The first kappa shape index (κ1) is 8.93. The SMILES string of the molecule is COc1ccc(F)cc1C(N)=S. The summed E-state index contributed by atoms with van der Waals surface area (Å²) in [7, 11) is 1.48. The highest BCUT2D eigenvalue weighted by Gasteiger charge is 2.05. The molecule has 0 aliphatic carbocycles. The molecule has 4 heteroatoms. The maximum Gasteiger partial charge on any atom is 0.129 e. The minimum atomic E-state index is -0.376. The van der Waals surface area contributed by atoms with Gasteiger partial charge in [0.25, 0.3) is 0 Å². The van der Waals surface area contributed by atoms with Gasteiger partial charge in [0, 0.05) is 0 Å². The van der Waals surface area contributed by atoms with Crippen molar-refractivity contribution in [2.45, 2.75) is 0 Å². The smallest absolute Gasteiger partial charge is 0.129 e. The third kappa shape index (κ3) is 1.71. The summed E-state index contributed by atoms with van der Waals surface area (Å²) in [6.45, 7) is 0. The molecular formula is C8H8FNOS. The van der Waals surface area contributed by atoms with Crippen LogP contribution in [0.4, 0.5) is 4.39 Å². The van der Waals surface area contributed by atoms with Gasteiger partial charge in [-0.05, 0) is 18.2 Å². The molecule has 0 radical (unpaired) electrons. The maximum absolute atomic E-state index is 12.7. The second-order valence-electron chi connectivity index (χ2n) is 2.21. The zero-order chi connectivity index (χ0) is 9.14. The molecule has 0 fully saturated rings. The van der Waals surface area contributed by atoms with Crippen LogP contribution in [0.2, 0.25) is 0 Å². The Morgan fingerprint density at radius 3 is 2.75 bits per heavy atom. The van der Waals surface area contributed by atoms with Gasteiger partial charge in [-0.25, -0.2) is 4.39 Å². The highest BCUT2D eigenvalue weighted by Crippen LogP contribution is 2.18. The lowest BCUT2D eigenvalue weighted by molar-refractivity contribution is 0.413. The molecule has 2 nitrogen and oxygen atoms in total. The summed E-state index contributed by atoms with van der Waals surface area (Å²) in [5.41, 5.74) is 5.77. The Bertz CT molecular complexity index is 314. The van der Waals surface area contributed by atoms with E-state index >= 15 is 0 Å². The lowest BCUT2D eigenvalue weighted by Crippen LogP contribution is -2.11. The second-order valence-corrected chi connectivity index (χ2v) is 2.65. The van der Waals surface area contributed by atoms with Crippen LogP contribution in [-0.2, 0) is 0 Å². The lowest BCUT2D eigenvalue weighted by Gasteiger charge is -2.05. The van der Waals surface area contributed by atoms with Gasteiger partial charge < -0.3 is 10.5 Å². The van der Waals surface area contributed by atoms with Gasteiger partial charge in [-0.3, -0.25) is 0 Å². The van der Waals surface area contributed by atoms with E-state index in [9.17, 15) is 4.39 Å². The molecule has 1 aromatic carbocycles. The summed E-state index contributed by atoms with van der Waals surface area (Å²) in [4.78, 5) is 0.131. The molecule has 1 rings (SSSR count). The average Bonchev–Trinajstić information content (AvgIpc) is 2.04. The van der Waals surface area contributed by atoms with Crippen molar-refractivity contribution in [1.82, 2.24) is 0 Å². The summed E-state index contributed by atoms with van der Waals surface area (Å²) < 4.78 is 17.6. The van der Waals surface area contributed by atoms with Crippen LogP contribution in [0.3, 0.4) is 0 Å². The number of hydrogen-bond donors (Lipinski definition) is 1. The molecule has 0 aliphatic rings. The molecule has 2 N–H and O–H groups in total. The largest absolute Gasteiger partial charge is 0.496 e. The predicted molar refractivity (Wildman–Crippen MR) is 48.8 cm³/mol. The Morgan fingerprint density at radius 2 is 2.25 bits per heavy atom. The van der Waals surface area contributed by atoms with Gasteiger partial charge in [0.05, 0.1) is 12.7 Å². The van der Waals surface area contributed by atoms with Gasteiger partial charge in [0.1, 0.15) is 16.6 Å². The van der Waals surface area contributed by atoms with Gasteiger partial charge in [-0.2, -0.15) is 0 Å². The summed E-state index contributed by atoms with van der Waals surface area (Å²) >= 11 is 4.71. The van der Waals surface area contributed by atoms with E-state index in [1.165, 1.54) is 25.3 Å². The Morgan fingerprint density at radius 1 is 1.58 bits per heavy atom. The number of halogens is 1.